The average Bonchev–Trinajstić information content (AvgIpc) is 2.79. The lowest BCUT2D eigenvalue weighted by molar-refractivity contribution is 0.0171. The van der Waals surface area contributed by atoms with Crippen molar-refractivity contribution in [3.05, 3.63) is 48.0 Å². The highest BCUT2D eigenvalue weighted by Crippen LogP contribution is 2.30. The Hall–Kier alpha value is -2.33. The Morgan fingerprint density at radius 3 is 2.40 bits per heavy atom. The molecule has 2 aromatic carbocycles. The van der Waals surface area contributed by atoms with Crippen LogP contribution in [0.4, 0.5) is 0 Å². The zero-order chi connectivity index (χ0) is 21.6. The maximum absolute atomic E-state index is 13.0. The first-order chi connectivity index (χ1) is 14.5. The number of nitrogens with zero attached hydrogens (tertiary/aromatic N) is 1. The second kappa shape index (κ2) is 10.1. The number of ether oxygens (including phenoxy) is 4. The van der Waals surface area contributed by atoms with E-state index in [-0.39, 0.29) is 17.5 Å². The van der Waals surface area contributed by atoms with E-state index >= 15 is 0 Å². The minimum atomic E-state index is -3.75. The van der Waals surface area contributed by atoms with Crippen LogP contribution in [-0.2, 0) is 14.8 Å². The molecule has 0 radical (unpaired) electrons. The number of nitrogens with one attached hydrogen (secondary N) is 1. The van der Waals surface area contributed by atoms with Crippen molar-refractivity contribution < 1.29 is 27.4 Å². The van der Waals surface area contributed by atoms with Crippen molar-refractivity contribution in [3.8, 4) is 17.2 Å². The maximum atomic E-state index is 13.0. The fourth-order valence-electron chi connectivity index (χ4n) is 3.45. The Morgan fingerprint density at radius 1 is 1.00 bits per heavy atom. The van der Waals surface area contributed by atoms with Gasteiger partial charge in [0.25, 0.3) is 0 Å². The minimum Gasteiger partial charge on any atom is -0.497 e. The quantitative estimate of drug-likeness (QED) is 0.644. The van der Waals surface area contributed by atoms with Gasteiger partial charge in [-0.3, -0.25) is 4.90 Å². The van der Waals surface area contributed by atoms with Gasteiger partial charge in [0.1, 0.15) is 5.75 Å². The predicted octanol–water partition coefficient (Wildman–Crippen LogP) is 2.06. The molecule has 8 nitrogen and oxygen atoms in total. The normalized spacial score (nSPS) is 16.1. The zero-order valence-electron chi connectivity index (χ0n) is 17.5. The van der Waals surface area contributed by atoms with Crippen LogP contribution in [0.5, 0.6) is 17.2 Å². The van der Waals surface area contributed by atoms with Crippen LogP contribution in [0.25, 0.3) is 0 Å². The first-order valence-electron chi connectivity index (χ1n) is 9.66. The number of sulfonamides is 1. The molecular formula is C21H28N2O6S. The Balaban J connectivity index is 1.83. The molecule has 0 unspecified atom stereocenters. The molecule has 3 rings (SSSR count). The SMILES string of the molecule is COc1cccc([C@@H](CNS(=O)(=O)c2ccc(OC)c(OC)c2)N2CCOCC2)c1. The minimum absolute atomic E-state index is 0.117. The van der Waals surface area contributed by atoms with Crippen molar-refractivity contribution in [1.29, 1.82) is 0 Å². The molecule has 1 fully saturated rings. The van der Waals surface area contributed by atoms with Gasteiger partial charge in [-0.25, -0.2) is 13.1 Å². The highest BCUT2D eigenvalue weighted by molar-refractivity contribution is 7.89. The average molecular weight is 437 g/mol. The summed E-state index contributed by atoms with van der Waals surface area (Å²) in [6.07, 6.45) is 0. The smallest absolute Gasteiger partial charge is 0.240 e. The predicted molar refractivity (Wildman–Crippen MR) is 113 cm³/mol. The lowest BCUT2D eigenvalue weighted by Gasteiger charge is -2.35. The summed E-state index contributed by atoms with van der Waals surface area (Å²) < 4.78 is 49.9. The van der Waals surface area contributed by atoms with E-state index in [1.807, 2.05) is 24.3 Å². The largest absolute Gasteiger partial charge is 0.497 e. The van der Waals surface area contributed by atoms with Crippen molar-refractivity contribution in [2.24, 2.45) is 0 Å². The van der Waals surface area contributed by atoms with Crippen molar-refractivity contribution in [2.75, 3.05) is 54.2 Å². The van der Waals surface area contributed by atoms with Crippen molar-refractivity contribution in [3.63, 3.8) is 0 Å². The lowest BCUT2D eigenvalue weighted by atomic mass is 10.0. The highest BCUT2D eigenvalue weighted by Gasteiger charge is 2.26. The van der Waals surface area contributed by atoms with Gasteiger partial charge in [0.2, 0.25) is 10.0 Å². The lowest BCUT2D eigenvalue weighted by Crippen LogP contribution is -2.43. The molecule has 2 aromatic rings. The van der Waals surface area contributed by atoms with Gasteiger partial charge in [-0.1, -0.05) is 12.1 Å². The van der Waals surface area contributed by atoms with Crippen LogP contribution in [-0.4, -0.2) is 67.5 Å². The molecule has 0 bridgehead atoms. The summed E-state index contributed by atoms with van der Waals surface area (Å²) in [5, 5.41) is 0. The third-order valence-corrected chi connectivity index (χ3v) is 6.52. The molecule has 1 heterocycles. The molecule has 9 heteroatoms. The molecule has 0 saturated carbocycles. The second-order valence-corrected chi connectivity index (χ2v) is 8.58. The molecule has 1 N–H and O–H groups in total. The van der Waals surface area contributed by atoms with Gasteiger partial charge in [0.05, 0.1) is 39.4 Å². The molecule has 1 atom stereocenters. The molecule has 1 aliphatic rings. The fraction of sp³-hybridized carbons (Fsp3) is 0.429. The maximum Gasteiger partial charge on any atom is 0.240 e. The summed E-state index contributed by atoms with van der Waals surface area (Å²) in [6.45, 7) is 2.88. The Labute approximate surface area is 177 Å². The van der Waals surface area contributed by atoms with Crippen molar-refractivity contribution in [1.82, 2.24) is 9.62 Å². The molecule has 30 heavy (non-hydrogen) atoms. The van der Waals surface area contributed by atoms with Gasteiger partial charge in [0, 0.05) is 31.7 Å². The van der Waals surface area contributed by atoms with Crippen LogP contribution in [0.1, 0.15) is 11.6 Å². The molecular weight excluding hydrogens is 408 g/mol. The summed E-state index contributed by atoms with van der Waals surface area (Å²) >= 11 is 0. The Bertz CT molecular complexity index is 944. The van der Waals surface area contributed by atoms with Crippen LogP contribution in [0.15, 0.2) is 47.4 Å². The first kappa shape index (κ1) is 22.4. The summed E-state index contributed by atoms with van der Waals surface area (Å²) in [5.41, 5.74) is 0.978. The van der Waals surface area contributed by atoms with Crippen molar-refractivity contribution >= 4 is 10.0 Å². The third kappa shape index (κ3) is 5.23. The van der Waals surface area contributed by atoms with E-state index in [9.17, 15) is 8.42 Å². The van der Waals surface area contributed by atoms with Crippen LogP contribution >= 0.6 is 0 Å². The van der Waals surface area contributed by atoms with Gasteiger partial charge in [-0.05, 0) is 29.8 Å². The highest BCUT2D eigenvalue weighted by atomic mass is 32.2. The van der Waals surface area contributed by atoms with Crippen LogP contribution in [0.2, 0.25) is 0 Å². The standard InChI is InChI=1S/C21H28N2O6S/c1-26-17-6-4-5-16(13-17)19(23-9-11-29-12-10-23)15-22-30(24,25)18-7-8-20(27-2)21(14-18)28-3/h4-8,13-14,19,22H,9-12,15H2,1-3H3/t19-/m1/s1. The van der Waals surface area contributed by atoms with E-state index in [1.54, 1.807) is 13.2 Å². The van der Waals surface area contributed by atoms with Gasteiger partial charge in [-0.2, -0.15) is 0 Å². The van der Waals surface area contributed by atoms with Crippen LogP contribution in [0, 0.1) is 0 Å². The van der Waals surface area contributed by atoms with Gasteiger partial charge in [-0.15, -0.1) is 0 Å². The van der Waals surface area contributed by atoms with Gasteiger partial charge < -0.3 is 18.9 Å². The van der Waals surface area contributed by atoms with Crippen molar-refractivity contribution in [2.45, 2.75) is 10.9 Å². The molecule has 0 amide bonds. The number of methoxy groups -OCH3 is 3. The summed E-state index contributed by atoms with van der Waals surface area (Å²) in [7, 11) is 0.840. The number of hydrogen-bond acceptors (Lipinski definition) is 7. The van der Waals surface area contributed by atoms with E-state index in [0.717, 1.165) is 24.4 Å². The molecule has 164 valence electrons. The topological polar surface area (TPSA) is 86.3 Å². The zero-order valence-corrected chi connectivity index (χ0v) is 18.3. The van der Waals surface area contributed by atoms with E-state index in [0.29, 0.717) is 24.7 Å². The van der Waals surface area contributed by atoms with Crippen LogP contribution < -0.4 is 18.9 Å². The second-order valence-electron chi connectivity index (χ2n) is 6.81. The van der Waals surface area contributed by atoms with E-state index in [4.69, 9.17) is 18.9 Å². The fourth-order valence-corrected chi connectivity index (χ4v) is 4.50. The number of rotatable bonds is 9. The monoisotopic (exact) mass is 436 g/mol. The molecule has 0 spiro atoms. The molecule has 1 aliphatic heterocycles. The summed E-state index contributed by atoms with van der Waals surface area (Å²) in [6, 6.07) is 12.1. The van der Waals surface area contributed by atoms with E-state index in [2.05, 4.69) is 9.62 Å². The van der Waals surface area contributed by atoms with Gasteiger partial charge >= 0.3 is 0 Å². The number of benzene rings is 2. The first-order valence-corrected chi connectivity index (χ1v) is 11.1. The summed E-state index contributed by atoms with van der Waals surface area (Å²) in [4.78, 5) is 2.33. The Morgan fingerprint density at radius 2 is 1.73 bits per heavy atom. The molecule has 0 aromatic heterocycles. The van der Waals surface area contributed by atoms with Crippen LogP contribution in [0.3, 0.4) is 0 Å². The molecule has 1 saturated heterocycles. The van der Waals surface area contributed by atoms with E-state index < -0.39 is 10.0 Å². The third-order valence-electron chi connectivity index (χ3n) is 5.10. The van der Waals surface area contributed by atoms with Gasteiger partial charge in [0.15, 0.2) is 11.5 Å². The number of hydrogen-bond donors (Lipinski definition) is 1. The number of morpholine rings is 1. The van der Waals surface area contributed by atoms with E-state index in [1.165, 1.54) is 26.4 Å². The molecule has 0 aliphatic carbocycles. The Kier molecular flexibility index (Phi) is 7.54. The summed E-state index contributed by atoms with van der Waals surface area (Å²) in [5.74, 6) is 1.56.